The summed E-state index contributed by atoms with van der Waals surface area (Å²) in [6.07, 6.45) is 7.10. The molecule has 1 unspecified atom stereocenters. The topological polar surface area (TPSA) is 49.0 Å². The zero-order chi connectivity index (χ0) is 17.5. The number of aryl methyl sites for hydroxylation is 1. The molecule has 0 spiro atoms. The van der Waals surface area contributed by atoms with Gasteiger partial charge < -0.3 is 4.90 Å². The number of H-pyrrole nitrogens is 1. The van der Waals surface area contributed by atoms with Crippen LogP contribution in [0.2, 0.25) is 0 Å². The number of nitrogens with zero attached hydrogens (tertiary/aromatic N) is 2. The van der Waals surface area contributed by atoms with Crippen molar-refractivity contribution in [2.45, 2.75) is 44.2 Å². The Bertz CT molecular complexity index is 909. The summed E-state index contributed by atoms with van der Waals surface area (Å²) in [5.41, 5.74) is 5.69. The van der Waals surface area contributed by atoms with Crippen molar-refractivity contribution in [1.82, 2.24) is 15.1 Å². The predicted molar refractivity (Wildman–Crippen MR) is 103 cm³/mol. The lowest BCUT2D eigenvalue weighted by Gasteiger charge is -2.34. The second-order valence-electron chi connectivity index (χ2n) is 7.30. The van der Waals surface area contributed by atoms with E-state index in [4.69, 9.17) is 0 Å². The van der Waals surface area contributed by atoms with Crippen molar-refractivity contribution in [1.29, 1.82) is 0 Å². The molecule has 1 amide bonds. The Kier molecular flexibility index (Phi) is 3.89. The molecule has 2 aliphatic carbocycles. The summed E-state index contributed by atoms with van der Waals surface area (Å²) >= 11 is 1.69. The van der Waals surface area contributed by atoms with Crippen LogP contribution in [-0.4, -0.2) is 33.1 Å². The third kappa shape index (κ3) is 2.86. The molecule has 0 radical (unpaired) electrons. The maximum atomic E-state index is 13.3. The fraction of sp³-hybridized carbons (Fsp3) is 0.333. The van der Waals surface area contributed by atoms with Gasteiger partial charge in [0.25, 0.3) is 5.91 Å². The highest BCUT2D eigenvalue weighted by molar-refractivity contribution is 7.08. The normalized spacial score (nSPS) is 19.2. The lowest BCUT2D eigenvalue weighted by molar-refractivity contribution is 0.0643. The largest absolute Gasteiger partial charge is 0.332 e. The third-order valence-electron chi connectivity index (χ3n) is 5.55. The van der Waals surface area contributed by atoms with E-state index < -0.39 is 0 Å². The maximum absolute atomic E-state index is 13.3. The smallest absolute Gasteiger partial charge is 0.254 e. The van der Waals surface area contributed by atoms with Crippen LogP contribution in [0.15, 0.2) is 47.3 Å². The van der Waals surface area contributed by atoms with Gasteiger partial charge in [0.05, 0.1) is 6.20 Å². The van der Waals surface area contributed by atoms with Gasteiger partial charge in [-0.15, -0.1) is 0 Å². The van der Waals surface area contributed by atoms with Gasteiger partial charge in [0.2, 0.25) is 0 Å². The Balaban J connectivity index is 1.39. The molecule has 1 saturated carbocycles. The van der Waals surface area contributed by atoms with Gasteiger partial charge in [-0.25, -0.2) is 0 Å². The van der Waals surface area contributed by atoms with E-state index >= 15 is 0 Å². The fourth-order valence-electron chi connectivity index (χ4n) is 4.00. The molecular formula is C21H21N3OS. The Labute approximate surface area is 156 Å². The molecule has 2 heterocycles. The molecule has 2 aliphatic rings. The number of fused-ring (bicyclic) bond motifs is 1. The maximum Gasteiger partial charge on any atom is 0.254 e. The van der Waals surface area contributed by atoms with Gasteiger partial charge in [-0.1, -0.05) is 12.1 Å². The molecule has 3 aromatic rings. The van der Waals surface area contributed by atoms with Crippen LogP contribution < -0.4 is 0 Å². The van der Waals surface area contributed by atoms with Crippen LogP contribution in [0.25, 0.3) is 11.1 Å². The van der Waals surface area contributed by atoms with Crippen LogP contribution in [0.3, 0.4) is 0 Å². The summed E-state index contributed by atoms with van der Waals surface area (Å²) in [6.45, 7) is 0. The molecule has 132 valence electrons. The summed E-state index contributed by atoms with van der Waals surface area (Å²) < 4.78 is 0. The second kappa shape index (κ2) is 6.40. The second-order valence-corrected chi connectivity index (χ2v) is 8.08. The first-order chi connectivity index (χ1) is 12.8. The summed E-state index contributed by atoms with van der Waals surface area (Å²) in [4.78, 5) is 15.4. The summed E-state index contributed by atoms with van der Waals surface area (Å²) in [5.74, 6) is 0.182. The predicted octanol–water partition coefficient (Wildman–Crippen LogP) is 4.30. The lowest BCUT2D eigenvalue weighted by Crippen LogP contribution is -2.44. The van der Waals surface area contributed by atoms with Gasteiger partial charge in [0.1, 0.15) is 0 Å². The number of amides is 1. The van der Waals surface area contributed by atoms with Gasteiger partial charge in [0, 0.05) is 23.3 Å². The van der Waals surface area contributed by atoms with Gasteiger partial charge in [-0.05, 0) is 77.8 Å². The van der Waals surface area contributed by atoms with Crippen molar-refractivity contribution in [3.63, 3.8) is 0 Å². The molecule has 2 aromatic heterocycles. The van der Waals surface area contributed by atoms with Crippen molar-refractivity contribution in [2.24, 2.45) is 0 Å². The fourth-order valence-corrected chi connectivity index (χ4v) is 4.67. The van der Waals surface area contributed by atoms with Gasteiger partial charge in [0.15, 0.2) is 0 Å². The van der Waals surface area contributed by atoms with E-state index in [1.54, 1.807) is 11.3 Å². The number of nitrogens with one attached hydrogen (secondary N) is 1. The Morgan fingerprint density at radius 1 is 1.08 bits per heavy atom. The minimum atomic E-state index is 0.182. The molecule has 1 N–H and O–H groups in total. The number of rotatable bonds is 4. The first-order valence-electron chi connectivity index (χ1n) is 9.26. The Morgan fingerprint density at radius 3 is 2.65 bits per heavy atom. The molecule has 0 bridgehead atoms. The molecule has 1 aromatic carbocycles. The SMILES string of the molecule is O=C(c1ccc(-c2ccsc2)cc1)N(C1CC1)C1CCc2[nH]ncc2C1. The van der Waals surface area contributed by atoms with Crippen LogP contribution in [0.5, 0.6) is 0 Å². The highest BCUT2D eigenvalue weighted by Gasteiger charge is 2.39. The van der Waals surface area contributed by atoms with E-state index in [0.717, 1.165) is 37.7 Å². The number of hydrogen-bond donors (Lipinski definition) is 1. The van der Waals surface area contributed by atoms with Crippen molar-refractivity contribution in [2.75, 3.05) is 0 Å². The van der Waals surface area contributed by atoms with E-state index in [-0.39, 0.29) is 11.9 Å². The van der Waals surface area contributed by atoms with Crippen molar-refractivity contribution < 1.29 is 4.79 Å². The average Bonchev–Trinajstić information content (AvgIpc) is 3.17. The van der Waals surface area contributed by atoms with Crippen LogP contribution >= 0.6 is 11.3 Å². The number of hydrogen-bond acceptors (Lipinski definition) is 3. The molecule has 5 heteroatoms. The zero-order valence-corrected chi connectivity index (χ0v) is 15.3. The minimum Gasteiger partial charge on any atom is -0.332 e. The van der Waals surface area contributed by atoms with E-state index in [0.29, 0.717) is 6.04 Å². The Hall–Kier alpha value is -2.40. The number of carbonyl (C=O) groups is 1. The van der Waals surface area contributed by atoms with E-state index in [1.807, 2.05) is 18.3 Å². The van der Waals surface area contributed by atoms with Crippen molar-refractivity contribution >= 4 is 17.2 Å². The first-order valence-corrected chi connectivity index (χ1v) is 10.2. The number of aromatic amines is 1. The van der Waals surface area contributed by atoms with Crippen molar-refractivity contribution in [3.8, 4) is 11.1 Å². The lowest BCUT2D eigenvalue weighted by atomic mass is 9.91. The van der Waals surface area contributed by atoms with E-state index in [1.165, 1.54) is 22.4 Å². The van der Waals surface area contributed by atoms with Crippen LogP contribution in [0.1, 0.15) is 40.9 Å². The number of benzene rings is 1. The highest BCUT2D eigenvalue weighted by atomic mass is 32.1. The van der Waals surface area contributed by atoms with Gasteiger partial charge >= 0.3 is 0 Å². The van der Waals surface area contributed by atoms with Crippen LogP contribution in [-0.2, 0) is 12.8 Å². The molecule has 1 fully saturated rings. The molecule has 1 atom stereocenters. The Morgan fingerprint density at radius 2 is 1.92 bits per heavy atom. The van der Waals surface area contributed by atoms with Gasteiger partial charge in [-0.3, -0.25) is 9.89 Å². The molecule has 4 nitrogen and oxygen atoms in total. The minimum absolute atomic E-state index is 0.182. The summed E-state index contributed by atoms with van der Waals surface area (Å²) in [6, 6.07) is 10.9. The van der Waals surface area contributed by atoms with Gasteiger partial charge in [-0.2, -0.15) is 16.4 Å². The third-order valence-corrected chi connectivity index (χ3v) is 6.23. The standard InChI is InChI=1S/C21H21N3OS/c25-21(15-3-1-14(2-4-15)16-9-10-26-13-16)24(18-5-6-18)19-7-8-20-17(11-19)12-22-23-20/h1-4,9-10,12-13,18-19H,5-8,11H2,(H,22,23). The van der Waals surface area contributed by atoms with E-state index in [9.17, 15) is 4.79 Å². The molecular weight excluding hydrogens is 342 g/mol. The van der Waals surface area contributed by atoms with Crippen LogP contribution in [0, 0.1) is 0 Å². The van der Waals surface area contributed by atoms with Crippen molar-refractivity contribution in [3.05, 3.63) is 64.1 Å². The quantitative estimate of drug-likeness (QED) is 0.751. The van der Waals surface area contributed by atoms with Crippen LogP contribution in [0.4, 0.5) is 0 Å². The zero-order valence-electron chi connectivity index (χ0n) is 14.5. The summed E-state index contributed by atoms with van der Waals surface area (Å²) in [7, 11) is 0. The average molecular weight is 363 g/mol. The summed E-state index contributed by atoms with van der Waals surface area (Å²) in [5, 5.41) is 11.5. The van der Waals surface area contributed by atoms with E-state index in [2.05, 4.69) is 44.1 Å². The molecule has 5 rings (SSSR count). The molecule has 0 aliphatic heterocycles. The number of thiophene rings is 1. The number of aromatic nitrogens is 2. The monoisotopic (exact) mass is 363 g/mol. The molecule has 26 heavy (non-hydrogen) atoms. The number of carbonyl (C=O) groups excluding carboxylic acids is 1. The highest BCUT2D eigenvalue weighted by Crippen LogP contribution is 2.34. The first kappa shape index (κ1) is 15.8. The molecule has 0 saturated heterocycles.